The number of alkyl halides is 2. The Morgan fingerprint density at radius 2 is 1.25 bits per heavy atom. The Hall–Kier alpha value is -0.100. The summed E-state index contributed by atoms with van der Waals surface area (Å²) in [7, 11) is 0. The van der Waals surface area contributed by atoms with E-state index in [4.69, 9.17) is 0 Å². The molecule has 2 aliphatic rings. The molecule has 2 saturated carbocycles. The van der Waals surface area contributed by atoms with Crippen LogP contribution < -0.4 is 10.9 Å². The van der Waals surface area contributed by atoms with Crippen LogP contribution in [0.25, 0.3) is 0 Å². The molecular weight excluding hydrogens is 340 g/mol. The maximum Gasteiger partial charge on any atom is 0.245 e. The lowest BCUT2D eigenvalue weighted by atomic mass is 10.1. The minimum atomic E-state index is -0.370. The average Bonchev–Trinajstić information content (AvgIpc) is 3.03. The molecule has 2 fully saturated rings. The van der Waals surface area contributed by atoms with Gasteiger partial charge in [-0.2, -0.15) is 0 Å². The first-order valence-corrected chi connectivity index (χ1v) is 7.03. The quantitative estimate of drug-likeness (QED) is 0.583. The molecule has 0 aliphatic heterocycles. The van der Waals surface area contributed by atoms with E-state index in [1.165, 1.54) is 0 Å². The lowest BCUT2D eigenvalue weighted by Crippen LogP contribution is -2.48. The first-order valence-electron chi connectivity index (χ1n) is 5.20. The molecule has 4 nitrogen and oxygen atoms in total. The van der Waals surface area contributed by atoms with Gasteiger partial charge < -0.3 is 0 Å². The van der Waals surface area contributed by atoms with Gasteiger partial charge in [0.15, 0.2) is 0 Å². The van der Waals surface area contributed by atoms with Gasteiger partial charge in [-0.05, 0) is 26.7 Å². The summed E-state index contributed by atoms with van der Waals surface area (Å²) >= 11 is 6.79. The monoisotopic (exact) mass is 352 g/mol. The number of hydrogen-bond donors (Lipinski definition) is 2. The zero-order valence-corrected chi connectivity index (χ0v) is 12.3. The number of halogens is 2. The molecule has 2 N–H and O–H groups in total. The van der Waals surface area contributed by atoms with Gasteiger partial charge >= 0.3 is 0 Å². The van der Waals surface area contributed by atoms with E-state index in [2.05, 4.69) is 42.7 Å². The average molecular weight is 354 g/mol. The van der Waals surface area contributed by atoms with Crippen molar-refractivity contribution >= 4 is 43.7 Å². The second kappa shape index (κ2) is 3.70. The largest absolute Gasteiger partial charge is 0.273 e. The fourth-order valence-corrected chi connectivity index (χ4v) is 3.26. The van der Waals surface area contributed by atoms with Crippen molar-refractivity contribution in [3.05, 3.63) is 0 Å². The summed E-state index contributed by atoms with van der Waals surface area (Å²) in [5, 5.41) is 0. The highest BCUT2D eigenvalue weighted by Crippen LogP contribution is 2.52. The van der Waals surface area contributed by atoms with Gasteiger partial charge in [0, 0.05) is 9.65 Å². The first-order chi connectivity index (χ1) is 7.30. The van der Waals surface area contributed by atoms with Crippen LogP contribution in [0.5, 0.6) is 0 Å². The molecule has 0 unspecified atom stereocenters. The van der Waals surface area contributed by atoms with Crippen LogP contribution in [-0.4, -0.2) is 21.5 Å². The van der Waals surface area contributed by atoms with Gasteiger partial charge in [-0.1, -0.05) is 31.9 Å². The Balaban J connectivity index is 1.81. The number of carbonyl (C=O) groups excluding carboxylic acids is 2. The molecule has 0 aromatic rings. The van der Waals surface area contributed by atoms with Crippen LogP contribution in [0.4, 0.5) is 0 Å². The van der Waals surface area contributed by atoms with Gasteiger partial charge in [0.2, 0.25) is 11.8 Å². The number of amides is 2. The third-order valence-corrected chi connectivity index (χ3v) is 6.26. The third-order valence-electron chi connectivity index (χ3n) is 3.60. The van der Waals surface area contributed by atoms with Crippen molar-refractivity contribution in [1.82, 2.24) is 10.9 Å². The van der Waals surface area contributed by atoms with Crippen molar-refractivity contribution in [3.8, 4) is 0 Å². The van der Waals surface area contributed by atoms with E-state index < -0.39 is 0 Å². The molecule has 2 rings (SSSR count). The van der Waals surface area contributed by atoms with Crippen molar-refractivity contribution in [2.24, 2.45) is 10.8 Å². The Kier molecular flexibility index (Phi) is 2.86. The van der Waals surface area contributed by atoms with Gasteiger partial charge in [-0.15, -0.1) is 0 Å². The molecule has 90 valence electrons. The van der Waals surface area contributed by atoms with Crippen LogP contribution in [0, 0.1) is 10.8 Å². The molecule has 0 heterocycles. The minimum Gasteiger partial charge on any atom is -0.273 e. The standard InChI is InChI=1S/C10H14Br2N2O2/c1-9(3-5(9)11)7(15)13-14-8(16)10(2)4-6(10)12/h5-6H,3-4H2,1-2H3,(H,13,15)(H,14,16)/t5-,6-,9-,10+/m1/s1. The van der Waals surface area contributed by atoms with Gasteiger partial charge in [0.05, 0.1) is 10.8 Å². The fraction of sp³-hybridized carbons (Fsp3) is 0.800. The molecule has 0 aromatic heterocycles. The minimum absolute atomic E-state index is 0.127. The summed E-state index contributed by atoms with van der Waals surface area (Å²) in [5.41, 5.74) is 4.25. The van der Waals surface area contributed by atoms with E-state index in [1.807, 2.05) is 13.8 Å². The Labute approximate surface area is 111 Å². The summed E-state index contributed by atoms with van der Waals surface area (Å²) in [6.07, 6.45) is 1.63. The zero-order valence-electron chi connectivity index (χ0n) is 9.14. The predicted molar refractivity (Wildman–Crippen MR) is 67.2 cm³/mol. The number of nitrogens with one attached hydrogen (secondary N) is 2. The van der Waals surface area contributed by atoms with Crippen molar-refractivity contribution < 1.29 is 9.59 Å². The highest BCUT2D eigenvalue weighted by molar-refractivity contribution is 9.10. The Bertz CT molecular complexity index is 329. The van der Waals surface area contributed by atoms with E-state index in [-0.39, 0.29) is 32.3 Å². The molecule has 0 aromatic carbocycles. The molecule has 4 atom stereocenters. The van der Waals surface area contributed by atoms with E-state index in [9.17, 15) is 9.59 Å². The van der Waals surface area contributed by atoms with Crippen LogP contribution in [0.15, 0.2) is 0 Å². The molecule has 0 spiro atoms. The summed E-state index contributed by atoms with van der Waals surface area (Å²) in [5.74, 6) is -0.254. The topological polar surface area (TPSA) is 58.2 Å². The lowest BCUT2D eigenvalue weighted by Gasteiger charge is -2.14. The van der Waals surface area contributed by atoms with E-state index in [1.54, 1.807) is 0 Å². The summed E-state index contributed by atoms with van der Waals surface area (Å²) in [4.78, 5) is 23.8. The molecule has 2 amide bonds. The van der Waals surface area contributed by atoms with Crippen LogP contribution in [0.2, 0.25) is 0 Å². The van der Waals surface area contributed by atoms with Gasteiger partial charge in [0.1, 0.15) is 0 Å². The maximum absolute atomic E-state index is 11.7. The van der Waals surface area contributed by atoms with Crippen molar-refractivity contribution in [3.63, 3.8) is 0 Å². The predicted octanol–water partition coefficient (Wildman–Crippen LogP) is 1.48. The van der Waals surface area contributed by atoms with Gasteiger partial charge in [-0.3, -0.25) is 20.4 Å². The maximum atomic E-state index is 11.7. The Morgan fingerprint density at radius 1 is 1.00 bits per heavy atom. The summed E-state index contributed by atoms with van der Waals surface area (Å²) in [6.45, 7) is 3.75. The van der Waals surface area contributed by atoms with Crippen molar-refractivity contribution in [2.45, 2.75) is 36.3 Å². The molecular formula is C10H14Br2N2O2. The van der Waals surface area contributed by atoms with E-state index in [0.717, 1.165) is 12.8 Å². The highest BCUT2D eigenvalue weighted by atomic mass is 79.9. The first kappa shape index (κ1) is 12.4. The van der Waals surface area contributed by atoms with Crippen LogP contribution in [0.1, 0.15) is 26.7 Å². The molecule has 0 bridgehead atoms. The Morgan fingerprint density at radius 3 is 1.44 bits per heavy atom. The summed E-state index contributed by atoms with van der Waals surface area (Å²) < 4.78 is 0. The number of rotatable bonds is 2. The van der Waals surface area contributed by atoms with E-state index in [0.29, 0.717) is 0 Å². The second-order valence-corrected chi connectivity index (χ2v) is 7.30. The molecule has 0 saturated heterocycles. The molecule has 6 heteroatoms. The van der Waals surface area contributed by atoms with Gasteiger partial charge in [-0.25, -0.2) is 0 Å². The van der Waals surface area contributed by atoms with Crippen molar-refractivity contribution in [2.75, 3.05) is 0 Å². The smallest absolute Gasteiger partial charge is 0.245 e. The molecule has 0 radical (unpaired) electrons. The molecule has 2 aliphatic carbocycles. The third kappa shape index (κ3) is 1.90. The van der Waals surface area contributed by atoms with Crippen molar-refractivity contribution in [1.29, 1.82) is 0 Å². The normalized spacial score (nSPS) is 44.8. The zero-order chi connectivity index (χ0) is 12.1. The fourth-order valence-electron chi connectivity index (χ4n) is 1.50. The lowest BCUT2D eigenvalue weighted by molar-refractivity contribution is -0.133. The summed E-state index contributed by atoms with van der Waals surface area (Å²) in [6, 6.07) is 0. The molecule has 16 heavy (non-hydrogen) atoms. The highest BCUT2D eigenvalue weighted by Gasteiger charge is 2.57. The number of hydrogen-bond acceptors (Lipinski definition) is 2. The second-order valence-electron chi connectivity index (χ2n) is 5.09. The van der Waals surface area contributed by atoms with Crippen LogP contribution in [-0.2, 0) is 9.59 Å². The van der Waals surface area contributed by atoms with Crippen LogP contribution in [0.3, 0.4) is 0 Å². The van der Waals surface area contributed by atoms with Gasteiger partial charge in [0.25, 0.3) is 0 Å². The SMILES string of the molecule is C[C@@]1(C(=O)NNC(=O)[C@@]2(C)C[C@H]2Br)C[C@H]1Br. The number of carbonyl (C=O) groups is 2. The van der Waals surface area contributed by atoms with Crippen LogP contribution >= 0.6 is 31.9 Å². The van der Waals surface area contributed by atoms with E-state index >= 15 is 0 Å². The number of hydrazine groups is 1.